The normalized spacial score (nSPS) is 15.1. The van der Waals surface area contributed by atoms with Crippen LogP contribution in [0.5, 0.6) is 0 Å². The predicted octanol–water partition coefficient (Wildman–Crippen LogP) is 4.35. The minimum Gasteiger partial charge on any atom is -0.342 e. The largest absolute Gasteiger partial charge is 0.342 e. The maximum Gasteiger partial charge on any atom is 0.250 e. The fourth-order valence-electron chi connectivity index (χ4n) is 4.18. The van der Waals surface area contributed by atoms with Crippen LogP contribution in [0, 0.1) is 17.3 Å². The first kappa shape index (κ1) is 24.5. The SMILES string of the molecule is CNC(C)C1Nc2cc(c(Cl)c(C#Cc3ccc4c(ccc(=O)n4C)c3)n2)-c2cccc(C=N)c2NO1. The zero-order chi connectivity index (χ0) is 26.1. The van der Waals surface area contributed by atoms with E-state index in [0.29, 0.717) is 33.3 Å². The second-order valence-electron chi connectivity index (χ2n) is 8.75. The number of benzene rings is 2. The van der Waals surface area contributed by atoms with Crippen LogP contribution in [0.15, 0.2) is 59.4 Å². The molecule has 2 unspecified atom stereocenters. The smallest absolute Gasteiger partial charge is 0.250 e. The van der Waals surface area contributed by atoms with E-state index in [9.17, 15) is 4.79 Å². The number of nitrogens with one attached hydrogen (secondary N) is 4. The van der Waals surface area contributed by atoms with Crippen molar-refractivity contribution in [3.63, 3.8) is 0 Å². The van der Waals surface area contributed by atoms with Gasteiger partial charge in [-0.1, -0.05) is 35.7 Å². The molecule has 3 heterocycles. The lowest BCUT2D eigenvalue weighted by molar-refractivity contribution is 0.0955. The Labute approximate surface area is 219 Å². The van der Waals surface area contributed by atoms with Crippen LogP contribution in [0.25, 0.3) is 22.0 Å². The molecule has 1 aliphatic rings. The lowest BCUT2D eigenvalue weighted by atomic mass is 10.00. The summed E-state index contributed by atoms with van der Waals surface area (Å²) in [7, 11) is 3.59. The molecular weight excluding hydrogens is 488 g/mol. The summed E-state index contributed by atoms with van der Waals surface area (Å²) in [6.45, 7) is 1.98. The Morgan fingerprint density at radius 2 is 2.03 bits per heavy atom. The number of rotatable bonds is 3. The van der Waals surface area contributed by atoms with Gasteiger partial charge >= 0.3 is 0 Å². The number of likely N-dealkylation sites (N-methyl/N-ethyl adjacent to an activating group) is 1. The van der Waals surface area contributed by atoms with Crippen molar-refractivity contribution in [3.05, 3.63) is 86.8 Å². The van der Waals surface area contributed by atoms with E-state index in [4.69, 9.17) is 21.8 Å². The highest BCUT2D eigenvalue weighted by atomic mass is 35.5. The average molecular weight is 513 g/mol. The van der Waals surface area contributed by atoms with Gasteiger partial charge < -0.3 is 20.6 Å². The van der Waals surface area contributed by atoms with E-state index in [2.05, 4.69) is 32.9 Å². The number of halogens is 1. The molecule has 1 aliphatic heterocycles. The lowest BCUT2D eigenvalue weighted by Gasteiger charge is -2.25. The maximum atomic E-state index is 11.9. The van der Waals surface area contributed by atoms with Gasteiger partial charge in [-0.25, -0.2) is 9.82 Å². The van der Waals surface area contributed by atoms with Crippen molar-refractivity contribution in [3.8, 4) is 23.0 Å². The van der Waals surface area contributed by atoms with Gasteiger partial charge in [0.05, 0.1) is 22.3 Å². The third kappa shape index (κ3) is 4.68. The fraction of sp³-hybridized carbons (Fsp3) is 0.179. The van der Waals surface area contributed by atoms with Crippen LogP contribution >= 0.6 is 11.6 Å². The highest BCUT2D eigenvalue weighted by Gasteiger charge is 2.24. The van der Waals surface area contributed by atoms with Crippen LogP contribution in [0.1, 0.15) is 23.7 Å². The molecule has 4 N–H and O–H groups in total. The molecule has 5 rings (SSSR count). The van der Waals surface area contributed by atoms with Crippen molar-refractivity contribution in [1.82, 2.24) is 14.9 Å². The van der Waals surface area contributed by atoms with Gasteiger partial charge in [-0.2, -0.15) is 0 Å². The Morgan fingerprint density at radius 3 is 2.81 bits per heavy atom. The molecule has 0 saturated carbocycles. The molecule has 2 aromatic carbocycles. The topological polar surface area (TPSA) is 104 Å². The lowest BCUT2D eigenvalue weighted by Crippen LogP contribution is -2.43. The minimum atomic E-state index is -0.482. The highest BCUT2D eigenvalue weighted by Crippen LogP contribution is 2.39. The molecule has 9 heteroatoms. The van der Waals surface area contributed by atoms with E-state index in [0.717, 1.165) is 22.0 Å². The van der Waals surface area contributed by atoms with Gasteiger partial charge in [0.2, 0.25) is 0 Å². The van der Waals surface area contributed by atoms with Crippen molar-refractivity contribution in [2.75, 3.05) is 17.8 Å². The van der Waals surface area contributed by atoms with E-state index >= 15 is 0 Å². The molecule has 0 amide bonds. The third-order valence-corrected chi connectivity index (χ3v) is 6.82. The van der Waals surface area contributed by atoms with Gasteiger partial charge in [-0.05, 0) is 55.6 Å². The van der Waals surface area contributed by atoms with Gasteiger partial charge in [0.15, 0.2) is 6.23 Å². The van der Waals surface area contributed by atoms with Crippen molar-refractivity contribution < 1.29 is 4.84 Å². The number of fused-ring (bicyclic) bond motifs is 5. The summed E-state index contributed by atoms with van der Waals surface area (Å²) in [5, 5.41) is 15.7. The van der Waals surface area contributed by atoms with Gasteiger partial charge in [0.1, 0.15) is 11.5 Å². The van der Waals surface area contributed by atoms with Gasteiger partial charge in [-0.15, -0.1) is 0 Å². The first-order valence-corrected chi connectivity index (χ1v) is 12.1. The number of pyridine rings is 2. The summed E-state index contributed by atoms with van der Waals surface area (Å²) in [5.74, 6) is 6.85. The Balaban J connectivity index is 1.65. The summed E-state index contributed by atoms with van der Waals surface area (Å²) in [6, 6.07) is 16.4. The number of aryl methyl sites for hydroxylation is 1. The molecule has 4 aromatic rings. The molecule has 2 atom stereocenters. The molecule has 2 aromatic heterocycles. The van der Waals surface area contributed by atoms with Crippen LogP contribution in [0.3, 0.4) is 0 Å². The van der Waals surface area contributed by atoms with Crippen molar-refractivity contribution in [2.24, 2.45) is 7.05 Å². The number of hydrogen-bond donors (Lipinski definition) is 4. The molecule has 0 spiro atoms. The molecule has 0 aliphatic carbocycles. The first-order chi connectivity index (χ1) is 17.9. The molecule has 0 radical (unpaired) electrons. The average Bonchev–Trinajstić information content (AvgIpc) is 2.98. The maximum absolute atomic E-state index is 11.9. The number of nitrogens with zero attached hydrogens (tertiary/aromatic N) is 2. The van der Waals surface area contributed by atoms with Crippen LogP contribution in [0.2, 0.25) is 5.02 Å². The zero-order valence-corrected chi connectivity index (χ0v) is 21.3. The second-order valence-corrected chi connectivity index (χ2v) is 9.13. The summed E-state index contributed by atoms with van der Waals surface area (Å²) >= 11 is 6.87. The Bertz CT molecular complexity index is 1650. The summed E-state index contributed by atoms with van der Waals surface area (Å²) in [5.41, 5.74) is 7.74. The van der Waals surface area contributed by atoms with Crippen molar-refractivity contribution in [1.29, 1.82) is 5.41 Å². The van der Waals surface area contributed by atoms with Gasteiger partial charge in [-0.3, -0.25) is 10.3 Å². The molecule has 0 fully saturated rings. The molecule has 37 heavy (non-hydrogen) atoms. The Kier molecular flexibility index (Phi) is 6.68. The van der Waals surface area contributed by atoms with Crippen LogP contribution in [-0.2, 0) is 11.9 Å². The van der Waals surface area contributed by atoms with Crippen LogP contribution < -0.4 is 21.7 Å². The van der Waals surface area contributed by atoms with Crippen LogP contribution in [-0.4, -0.2) is 35.1 Å². The number of aromatic nitrogens is 2. The molecule has 2 bridgehead atoms. The molecule has 186 valence electrons. The third-order valence-electron chi connectivity index (χ3n) is 6.44. The van der Waals surface area contributed by atoms with Gasteiger partial charge in [0, 0.05) is 41.6 Å². The quantitative estimate of drug-likeness (QED) is 0.240. The minimum absolute atomic E-state index is 0.0626. The zero-order valence-electron chi connectivity index (χ0n) is 20.5. The van der Waals surface area contributed by atoms with E-state index in [-0.39, 0.29) is 11.6 Å². The summed E-state index contributed by atoms with van der Waals surface area (Å²) < 4.78 is 1.60. The van der Waals surface area contributed by atoms with Crippen molar-refractivity contribution >= 4 is 40.2 Å². The van der Waals surface area contributed by atoms with Gasteiger partial charge in [0.25, 0.3) is 5.56 Å². The monoisotopic (exact) mass is 512 g/mol. The molecule has 8 nitrogen and oxygen atoms in total. The summed E-state index contributed by atoms with van der Waals surface area (Å²) in [4.78, 5) is 22.6. The van der Waals surface area contributed by atoms with E-state index < -0.39 is 6.23 Å². The number of para-hydroxylation sites is 1. The second kappa shape index (κ2) is 10.1. The Morgan fingerprint density at radius 1 is 1.19 bits per heavy atom. The molecule has 0 saturated heterocycles. The number of hydrogen-bond acceptors (Lipinski definition) is 7. The van der Waals surface area contributed by atoms with E-state index in [1.165, 1.54) is 6.21 Å². The fourth-order valence-corrected chi connectivity index (χ4v) is 4.43. The standard InChI is InChI=1S/C28H25ClN6O2/c1-16(31-2)28-33-24-14-21(20-6-4-5-19(15-30)27(20)34-37-28)26(29)22(32-24)10-7-17-8-11-23-18(13-17)9-12-25(36)35(23)3/h4-6,8-9,11-16,28,30-31,34H,1-3H3,(H,32,33). The Hall–Kier alpha value is -4.16. The first-order valence-electron chi connectivity index (χ1n) is 11.7. The van der Waals surface area contributed by atoms with E-state index in [1.807, 2.05) is 56.4 Å². The predicted molar refractivity (Wildman–Crippen MR) is 148 cm³/mol. The van der Waals surface area contributed by atoms with E-state index in [1.54, 1.807) is 23.7 Å². The number of anilines is 2. The highest BCUT2D eigenvalue weighted by molar-refractivity contribution is 6.34. The molecular formula is C28H25ClN6O2. The van der Waals surface area contributed by atoms with Crippen LogP contribution in [0.4, 0.5) is 11.5 Å². The van der Waals surface area contributed by atoms with Crippen molar-refractivity contribution in [2.45, 2.75) is 19.2 Å². The summed E-state index contributed by atoms with van der Waals surface area (Å²) in [6.07, 6.45) is 0.785.